The fraction of sp³-hybridized carbons (Fsp3) is 1.00. The summed E-state index contributed by atoms with van der Waals surface area (Å²) in [6, 6.07) is -0.0457. The smallest absolute Gasteiger partial charge is 0.212 e. The van der Waals surface area contributed by atoms with Crippen molar-refractivity contribution < 1.29 is 8.42 Å². The van der Waals surface area contributed by atoms with Crippen LogP contribution in [0.3, 0.4) is 0 Å². The van der Waals surface area contributed by atoms with Crippen LogP contribution in [0.5, 0.6) is 0 Å². The number of nitrogens with two attached hydrogens (primary N) is 1. The van der Waals surface area contributed by atoms with E-state index in [4.69, 9.17) is 5.73 Å². The lowest BCUT2D eigenvalue weighted by atomic mass is 10.2. The molecule has 1 aliphatic rings. The van der Waals surface area contributed by atoms with Gasteiger partial charge in [0.05, 0.1) is 5.75 Å². The molecule has 0 amide bonds. The van der Waals surface area contributed by atoms with E-state index < -0.39 is 10.0 Å². The van der Waals surface area contributed by atoms with Gasteiger partial charge >= 0.3 is 0 Å². The fourth-order valence-corrected chi connectivity index (χ4v) is 3.58. The largest absolute Gasteiger partial charge is 0.326 e. The molecule has 2 unspecified atom stereocenters. The van der Waals surface area contributed by atoms with Gasteiger partial charge in [0.1, 0.15) is 0 Å². The van der Waals surface area contributed by atoms with Crippen molar-refractivity contribution in [1.82, 2.24) is 4.72 Å². The maximum absolute atomic E-state index is 11.6. The molecule has 4 nitrogen and oxygen atoms in total. The first kappa shape index (κ1) is 11.9. The molecule has 5 heteroatoms. The van der Waals surface area contributed by atoms with Crippen LogP contribution in [0, 0.1) is 5.92 Å². The lowest BCUT2D eigenvalue weighted by molar-refractivity contribution is 0.516. The second-order valence-corrected chi connectivity index (χ2v) is 6.29. The van der Waals surface area contributed by atoms with Gasteiger partial charge in [0.25, 0.3) is 0 Å². The summed E-state index contributed by atoms with van der Waals surface area (Å²) in [5.41, 5.74) is 5.79. The van der Waals surface area contributed by atoms with E-state index in [1.54, 1.807) is 0 Å². The monoisotopic (exact) mass is 220 g/mol. The number of hydrogen-bond donors (Lipinski definition) is 2. The highest BCUT2D eigenvalue weighted by atomic mass is 32.2. The Labute approximate surface area is 86.3 Å². The van der Waals surface area contributed by atoms with Crippen LogP contribution in [0.2, 0.25) is 0 Å². The minimum Gasteiger partial charge on any atom is -0.326 e. The number of sulfonamides is 1. The topological polar surface area (TPSA) is 72.2 Å². The molecule has 1 rings (SSSR count). The molecule has 0 bridgehead atoms. The van der Waals surface area contributed by atoms with Crippen LogP contribution in [-0.2, 0) is 10.0 Å². The van der Waals surface area contributed by atoms with Gasteiger partial charge in [-0.05, 0) is 18.8 Å². The molecule has 0 saturated heterocycles. The van der Waals surface area contributed by atoms with Crippen molar-refractivity contribution >= 4 is 10.0 Å². The average molecular weight is 220 g/mol. The van der Waals surface area contributed by atoms with Crippen LogP contribution >= 0.6 is 0 Å². The van der Waals surface area contributed by atoms with Gasteiger partial charge in [0, 0.05) is 12.1 Å². The van der Waals surface area contributed by atoms with E-state index in [-0.39, 0.29) is 23.8 Å². The van der Waals surface area contributed by atoms with Crippen LogP contribution in [-0.4, -0.2) is 26.3 Å². The van der Waals surface area contributed by atoms with Crippen molar-refractivity contribution in [1.29, 1.82) is 0 Å². The number of rotatable bonds is 4. The third kappa shape index (κ3) is 3.55. The van der Waals surface area contributed by atoms with Gasteiger partial charge in [-0.2, -0.15) is 0 Å². The van der Waals surface area contributed by atoms with E-state index in [1.165, 1.54) is 0 Å². The molecule has 84 valence electrons. The molecule has 0 heterocycles. The van der Waals surface area contributed by atoms with Gasteiger partial charge in [-0.15, -0.1) is 0 Å². The highest BCUT2D eigenvalue weighted by Crippen LogP contribution is 2.18. The van der Waals surface area contributed by atoms with Crippen molar-refractivity contribution in [3.05, 3.63) is 0 Å². The first-order chi connectivity index (χ1) is 6.41. The van der Waals surface area contributed by atoms with Gasteiger partial charge in [-0.25, -0.2) is 13.1 Å². The summed E-state index contributed by atoms with van der Waals surface area (Å²) in [6.07, 6.45) is 2.82. The fourth-order valence-electron chi connectivity index (χ4n) is 1.85. The summed E-state index contributed by atoms with van der Waals surface area (Å²) in [4.78, 5) is 0. The molecule has 2 atom stereocenters. The minimum atomic E-state index is -3.13. The zero-order valence-electron chi connectivity index (χ0n) is 8.86. The highest BCUT2D eigenvalue weighted by Gasteiger charge is 2.27. The Hall–Kier alpha value is -0.130. The molecule has 0 aliphatic heterocycles. The second kappa shape index (κ2) is 4.59. The van der Waals surface area contributed by atoms with Crippen LogP contribution in [0.4, 0.5) is 0 Å². The second-order valence-electron chi connectivity index (χ2n) is 4.49. The summed E-state index contributed by atoms with van der Waals surface area (Å²) in [5.74, 6) is 0.348. The highest BCUT2D eigenvalue weighted by molar-refractivity contribution is 7.89. The van der Waals surface area contributed by atoms with Gasteiger partial charge in [0.15, 0.2) is 0 Å². The summed E-state index contributed by atoms with van der Waals surface area (Å²) in [7, 11) is -3.13. The van der Waals surface area contributed by atoms with Crippen LogP contribution in [0.1, 0.15) is 33.1 Å². The molecule has 0 aromatic rings. The summed E-state index contributed by atoms with van der Waals surface area (Å²) in [6.45, 7) is 3.79. The van der Waals surface area contributed by atoms with E-state index in [2.05, 4.69) is 4.72 Å². The van der Waals surface area contributed by atoms with Crippen molar-refractivity contribution in [3.8, 4) is 0 Å². The molecule has 1 saturated carbocycles. The third-order valence-electron chi connectivity index (χ3n) is 2.45. The maximum Gasteiger partial charge on any atom is 0.212 e. The zero-order valence-corrected chi connectivity index (χ0v) is 9.68. The van der Waals surface area contributed by atoms with E-state index in [0.717, 1.165) is 19.3 Å². The Morgan fingerprint density at radius 1 is 1.43 bits per heavy atom. The number of nitrogens with one attached hydrogen (secondary N) is 1. The predicted octanol–water partition coefficient (Wildman–Crippen LogP) is 0.442. The van der Waals surface area contributed by atoms with E-state index >= 15 is 0 Å². The molecule has 14 heavy (non-hydrogen) atoms. The van der Waals surface area contributed by atoms with E-state index in [1.807, 2.05) is 13.8 Å². The normalized spacial score (nSPS) is 28.6. The molecule has 0 aromatic heterocycles. The first-order valence-electron chi connectivity index (χ1n) is 5.16. The standard InChI is InChI=1S/C9H20N2O2S/c1-7(2)6-14(12,13)11-9-5-3-4-8(9)10/h7-9,11H,3-6,10H2,1-2H3. The van der Waals surface area contributed by atoms with Crippen LogP contribution < -0.4 is 10.5 Å². The maximum atomic E-state index is 11.6. The van der Waals surface area contributed by atoms with Gasteiger partial charge in [-0.1, -0.05) is 20.3 Å². The molecule has 0 spiro atoms. The van der Waals surface area contributed by atoms with E-state index in [9.17, 15) is 8.42 Å². The van der Waals surface area contributed by atoms with E-state index in [0.29, 0.717) is 0 Å². The Bertz CT molecular complexity index is 275. The Morgan fingerprint density at radius 2 is 2.07 bits per heavy atom. The van der Waals surface area contributed by atoms with Crippen molar-refractivity contribution in [3.63, 3.8) is 0 Å². The van der Waals surface area contributed by atoms with Gasteiger partial charge < -0.3 is 5.73 Å². The summed E-state index contributed by atoms with van der Waals surface area (Å²) in [5, 5.41) is 0. The molecule has 1 fully saturated rings. The van der Waals surface area contributed by atoms with Crippen molar-refractivity contribution in [2.24, 2.45) is 11.7 Å². The predicted molar refractivity (Wildman–Crippen MR) is 57.4 cm³/mol. The third-order valence-corrected chi connectivity index (χ3v) is 4.22. The lowest BCUT2D eigenvalue weighted by Crippen LogP contribution is -2.45. The van der Waals surface area contributed by atoms with Crippen LogP contribution in [0.25, 0.3) is 0 Å². The zero-order chi connectivity index (χ0) is 10.8. The van der Waals surface area contributed by atoms with Gasteiger partial charge in [0.2, 0.25) is 10.0 Å². The Morgan fingerprint density at radius 3 is 2.50 bits per heavy atom. The summed E-state index contributed by atoms with van der Waals surface area (Å²) < 4.78 is 25.8. The summed E-state index contributed by atoms with van der Waals surface area (Å²) >= 11 is 0. The number of hydrogen-bond acceptors (Lipinski definition) is 3. The quantitative estimate of drug-likeness (QED) is 0.722. The average Bonchev–Trinajstić information content (AvgIpc) is 2.32. The van der Waals surface area contributed by atoms with Crippen molar-refractivity contribution in [2.75, 3.05) is 5.75 Å². The molecular formula is C9H20N2O2S. The molecule has 3 N–H and O–H groups in total. The molecule has 0 radical (unpaired) electrons. The van der Waals surface area contributed by atoms with Crippen LogP contribution in [0.15, 0.2) is 0 Å². The Balaban J connectivity index is 2.50. The van der Waals surface area contributed by atoms with Crippen molar-refractivity contribution in [2.45, 2.75) is 45.2 Å². The minimum absolute atomic E-state index is 0.00284. The molecule has 0 aromatic carbocycles. The Kier molecular flexibility index (Phi) is 3.92. The van der Waals surface area contributed by atoms with Gasteiger partial charge in [-0.3, -0.25) is 0 Å². The molecular weight excluding hydrogens is 200 g/mol. The first-order valence-corrected chi connectivity index (χ1v) is 6.81. The molecule has 1 aliphatic carbocycles. The lowest BCUT2D eigenvalue weighted by Gasteiger charge is -2.18. The SMILES string of the molecule is CC(C)CS(=O)(=O)NC1CCCC1N.